The average Bonchev–Trinajstić information content (AvgIpc) is 2.88. The Morgan fingerprint density at radius 3 is 1.56 bits per heavy atom. The molecule has 25 heavy (non-hydrogen) atoms. The van der Waals surface area contributed by atoms with Crippen LogP contribution in [-0.4, -0.2) is 40.2 Å². The molecular weight excluding hydrogens is 326 g/mol. The molecule has 0 aromatic heterocycles. The summed E-state index contributed by atoms with van der Waals surface area (Å²) >= 11 is 0. The predicted molar refractivity (Wildman–Crippen MR) is 92.0 cm³/mol. The number of hydrogen-bond donors (Lipinski definition) is 0. The Labute approximate surface area is 150 Å². The van der Waals surface area contributed by atoms with E-state index in [4.69, 9.17) is 19.6 Å². The van der Waals surface area contributed by atoms with Crippen LogP contribution in [0.1, 0.15) is 67.7 Å². The molecule has 1 heterocycles. The van der Waals surface area contributed by atoms with Crippen LogP contribution < -0.4 is 0 Å². The number of carbonyl (C=O) groups excluding carboxylic acids is 2. The second-order valence-electron chi connectivity index (χ2n) is 7.61. The number of amides is 2. The van der Waals surface area contributed by atoms with Crippen LogP contribution in [0.15, 0.2) is 12.2 Å². The minimum Gasteiger partial charge on any atom is -0.275 e. The fraction of sp³-hybridized carbons (Fsp3) is 0.778. The van der Waals surface area contributed by atoms with Crippen LogP contribution in [0.4, 0.5) is 0 Å². The highest BCUT2D eigenvalue weighted by atomic mass is 17.3. The zero-order valence-corrected chi connectivity index (χ0v) is 16.4. The summed E-state index contributed by atoms with van der Waals surface area (Å²) in [7, 11) is 0. The molecule has 7 heteroatoms. The van der Waals surface area contributed by atoms with Crippen molar-refractivity contribution in [2.24, 2.45) is 0 Å². The molecule has 0 unspecified atom stereocenters. The average molecular weight is 357 g/mol. The van der Waals surface area contributed by atoms with E-state index in [1.807, 2.05) is 41.5 Å². The van der Waals surface area contributed by atoms with Gasteiger partial charge in [0.25, 0.3) is 11.8 Å². The summed E-state index contributed by atoms with van der Waals surface area (Å²) in [5.74, 6) is -1.98. The summed E-state index contributed by atoms with van der Waals surface area (Å²) in [5.41, 5.74) is -1.02. The fourth-order valence-corrected chi connectivity index (χ4v) is 1.58. The minimum absolute atomic E-state index is 0.132. The summed E-state index contributed by atoms with van der Waals surface area (Å²) < 4.78 is 0. The second-order valence-corrected chi connectivity index (χ2v) is 7.61. The smallest absolute Gasteiger partial charge is 0.253 e. The van der Waals surface area contributed by atoms with Gasteiger partial charge in [-0.2, -0.15) is 9.78 Å². The number of rotatable bonds is 11. The lowest BCUT2D eigenvalue weighted by Gasteiger charge is -2.34. The van der Waals surface area contributed by atoms with Crippen molar-refractivity contribution in [3.8, 4) is 0 Å². The number of nitrogens with zero attached hydrogens (tertiary/aromatic N) is 1. The van der Waals surface area contributed by atoms with E-state index in [-0.39, 0.29) is 24.8 Å². The Hall–Kier alpha value is -1.28. The molecule has 7 nitrogen and oxygen atoms in total. The zero-order chi connectivity index (χ0) is 19.3. The quantitative estimate of drug-likeness (QED) is 0.244. The van der Waals surface area contributed by atoms with Crippen molar-refractivity contribution in [1.82, 2.24) is 4.90 Å². The first-order valence-electron chi connectivity index (χ1n) is 8.71. The largest absolute Gasteiger partial charge is 0.275 e. The van der Waals surface area contributed by atoms with Crippen LogP contribution in [-0.2, 0) is 29.1 Å². The third kappa shape index (κ3) is 6.86. The maximum atomic E-state index is 11.7. The molecule has 0 aromatic carbocycles. The molecule has 0 atom stereocenters. The lowest BCUT2D eigenvalue weighted by molar-refractivity contribution is -0.539. The van der Waals surface area contributed by atoms with Gasteiger partial charge in [-0.05, 0) is 47.5 Å². The third-order valence-corrected chi connectivity index (χ3v) is 4.28. The summed E-state index contributed by atoms with van der Waals surface area (Å²) in [6.45, 7) is 13.3. The van der Waals surface area contributed by atoms with Crippen LogP contribution in [0.5, 0.6) is 0 Å². The lowest BCUT2D eigenvalue weighted by atomic mass is 10.1. The van der Waals surface area contributed by atoms with Gasteiger partial charge in [0.05, 0.1) is 11.2 Å². The summed E-state index contributed by atoms with van der Waals surface area (Å²) in [5, 5.41) is 0. The van der Waals surface area contributed by atoms with Crippen molar-refractivity contribution in [3.05, 3.63) is 12.2 Å². The van der Waals surface area contributed by atoms with E-state index in [0.29, 0.717) is 0 Å². The van der Waals surface area contributed by atoms with Crippen LogP contribution in [0, 0.1) is 0 Å². The maximum Gasteiger partial charge on any atom is 0.253 e. The third-order valence-electron chi connectivity index (χ3n) is 4.28. The topological polar surface area (TPSA) is 74.3 Å². The Morgan fingerprint density at radius 1 is 0.800 bits per heavy atom. The van der Waals surface area contributed by atoms with Crippen LogP contribution in [0.2, 0.25) is 0 Å². The monoisotopic (exact) mass is 357 g/mol. The highest BCUT2D eigenvalue weighted by Crippen LogP contribution is 2.27. The number of carbonyl (C=O) groups is 2. The molecule has 0 saturated heterocycles. The SMILES string of the molecule is CCC(C)(C)OOC(C)(CCN1C(=O)C=CC1=O)OOC(C)(C)CC. The van der Waals surface area contributed by atoms with Gasteiger partial charge in [0.2, 0.25) is 5.79 Å². The van der Waals surface area contributed by atoms with Gasteiger partial charge in [0.1, 0.15) is 0 Å². The Kier molecular flexibility index (Phi) is 7.31. The Balaban J connectivity index is 2.75. The molecule has 0 saturated carbocycles. The Bertz CT molecular complexity index is 474. The molecule has 0 bridgehead atoms. The van der Waals surface area contributed by atoms with Gasteiger partial charge in [0, 0.05) is 25.1 Å². The summed E-state index contributed by atoms with van der Waals surface area (Å²) in [6, 6.07) is 0. The molecule has 0 radical (unpaired) electrons. The molecule has 0 fully saturated rings. The predicted octanol–water partition coefficient (Wildman–Crippen LogP) is 3.29. The molecule has 1 aliphatic rings. The molecular formula is C18H31NO6. The van der Waals surface area contributed by atoms with E-state index in [1.165, 1.54) is 12.2 Å². The van der Waals surface area contributed by atoms with Crippen LogP contribution >= 0.6 is 0 Å². The standard InChI is InChI=1S/C18H31NO6/c1-8-16(3,4)22-24-18(7,25-23-17(5,6)9-2)12-13-19-14(20)10-11-15(19)21/h10-11H,8-9,12-13H2,1-7H3. The minimum atomic E-state index is -1.28. The van der Waals surface area contributed by atoms with E-state index in [0.717, 1.165) is 17.7 Å². The normalized spacial score (nSPS) is 16.2. The molecule has 2 amide bonds. The van der Waals surface area contributed by atoms with Gasteiger partial charge < -0.3 is 0 Å². The number of hydrogen-bond acceptors (Lipinski definition) is 6. The summed E-state index contributed by atoms with van der Waals surface area (Å²) in [4.78, 5) is 46.6. The summed E-state index contributed by atoms with van der Waals surface area (Å²) in [6.07, 6.45) is 4.16. The van der Waals surface area contributed by atoms with Gasteiger partial charge >= 0.3 is 0 Å². The van der Waals surface area contributed by atoms with Crippen molar-refractivity contribution in [2.75, 3.05) is 6.54 Å². The van der Waals surface area contributed by atoms with Crippen molar-refractivity contribution in [3.63, 3.8) is 0 Å². The fourth-order valence-electron chi connectivity index (χ4n) is 1.58. The van der Waals surface area contributed by atoms with Crippen LogP contribution in [0.3, 0.4) is 0 Å². The molecule has 144 valence electrons. The molecule has 1 rings (SSSR count). The highest BCUT2D eigenvalue weighted by molar-refractivity contribution is 6.12. The number of imide groups is 1. The van der Waals surface area contributed by atoms with Crippen molar-refractivity contribution < 1.29 is 29.1 Å². The van der Waals surface area contributed by atoms with Crippen molar-refractivity contribution >= 4 is 11.8 Å². The van der Waals surface area contributed by atoms with Gasteiger partial charge in [-0.3, -0.25) is 14.5 Å². The van der Waals surface area contributed by atoms with E-state index in [9.17, 15) is 9.59 Å². The molecule has 0 spiro atoms. The molecule has 0 aromatic rings. The van der Waals surface area contributed by atoms with E-state index < -0.39 is 17.0 Å². The maximum absolute atomic E-state index is 11.7. The van der Waals surface area contributed by atoms with Gasteiger partial charge in [-0.25, -0.2) is 9.78 Å². The van der Waals surface area contributed by atoms with Gasteiger partial charge in [-0.15, -0.1) is 0 Å². The first kappa shape index (κ1) is 21.8. The van der Waals surface area contributed by atoms with Gasteiger partial charge in [-0.1, -0.05) is 13.8 Å². The van der Waals surface area contributed by atoms with E-state index in [1.54, 1.807) is 6.92 Å². The van der Waals surface area contributed by atoms with Crippen LogP contribution in [0.25, 0.3) is 0 Å². The first-order chi connectivity index (χ1) is 11.4. The molecule has 0 N–H and O–H groups in total. The zero-order valence-electron chi connectivity index (χ0n) is 16.4. The highest BCUT2D eigenvalue weighted by Gasteiger charge is 2.36. The van der Waals surface area contributed by atoms with Crippen molar-refractivity contribution in [2.45, 2.75) is 84.7 Å². The second kappa shape index (κ2) is 8.40. The lowest BCUT2D eigenvalue weighted by Crippen LogP contribution is -2.43. The molecule has 1 aliphatic heterocycles. The molecule has 0 aliphatic carbocycles. The first-order valence-corrected chi connectivity index (χ1v) is 8.71. The van der Waals surface area contributed by atoms with Crippen molar-refractivity contribution in [1.29, 1.82) is 0 Å². The van der Waals surface area contributed by atoms with E-state index >= 15 is 0 Å². The Morgan fingerprint density at radius 2 is 1.20 bits per heavy atom. The van der Waals surface area contributed by atoms with Gasteiger partial charge in [0.15, 0.2) is 0 Å². The van der Waals surface area contributed by atoms with E-state index in [2.05, 4.69) is 0 Å².